The summed E-state index contributed by atoms with van der Waals surface area (Å²) in [5.74, 6) is -1.31. The molecule has 27 heavy (non-hydrogen) atoms. The lowest BCUT2D eigenvalue weighted by Gasteiger charge is -2.40. The lowest BCUT2D eigenvalue weighted by molar-refractivity contribution is -0.284. The first-order valence-electron chi connectivity index (χ1n) is 8.17. The Labute approximate surface area is 155 Å². The largest absolute Gasteiger partial charge is 0.504 e. The van der Waals surface area contributed by atoms with Crippen molar-refractivity contribution in [1.82, 2.24) is 0 Å². The van der Waals surface area contributed by atoms with Crippen LogP contribution in [0.1, 0.15) is 19.4 Å². The Morgan fingerprint density at radius 1 is 1.19 bits per heavy atom. The van der Waals surface area contributed by atoms with Crippen LogP contribution in [0.15, 0.2) is 24.3 Å². The van der Waals surface area contributed by atoms with Crippen LogP contribution in [-0.2, 0) is 23.8 Å². The normalized spacial score (nSPS) is 28.0. The van der Waals surface area contributed by atoms with E-state index in [0.29, 0.717) is 5.56 Å². The fourth-order valence-corrected chi connectivity index (χ4v) is 2.63. The van der Waals surface area contributed by atoms with Crippen LogP contribution in [0.4, 0.5) is 0 Å². The highest BCUT2D eigenvalue weighted by Crippen LogP contribution is 2.27. The number of methoxy groups -OCH3 is 1. The topological polar surface area (TPSA) is 132 Å². The van der Waals surface area contributed by atoms with Crippen molar-refractivity contribution in [2.24, 2.45) is 0 Å². The van der Waals surface area contributed by atoms with Gasteiger partial charge in [0.15, 0.2) is 30.0 Å². The number of hydrogen-bond donors (Lipinski definition) is 3. The molecule has 148 valence electrons. The van der Waals surface area contributed by atoms with Gasteiger partial charge in [-0.25, -0.2) is 4.79 Å². The molecule has 0 spiro atoms. The molecule has 0 saturated carbocycles. The highest BCUT2D eigenvalue weighted by atomic mass is 16.7. The monoisotopic (exact) mass is 382 g/mol. The SMILES string of the molecule is COc1cc(/C=C/C(=O)O[C@@H]2[C@H](O)[C@@H](OC(C)=O)[C@H](C)O[C@H]2O)ccc1O. The lowest BCUT2D eigenvalue weighted by atomic mass is 9.99. The molecule has 0 radical (unpaired) electrons. The lowest BCUT2D eigenvalue weighted by Crippen LogP contribution is -2.59. The molecule has 1 aromatic carbocycles. The Morgan fingerprint density at radius 2 is 1.89 bits per heavy atom. The number of esters is 2. The fourth-order valence-electron chi connectivity index (χ4n) is 2.63. The summed E-state index contributed by atoms with van der Waals surface area (Å²) >= 11 is 0. The molecular weight excluding hydrogens is 360 g/mol. The van der Waals surface area contributed by atoms with Gasteiger partial charge in [-0.05, 0) is 30.7 Å². The average Bonchev–Trinajstić information content (AvgIpc) is 2.61. The Balaban J connectivity index is 2.06. The van der Waals surface area contributed by atoms with Crippen molar-refractivity contribution in [3.05, 3.63) is 29.8 Å². The highest BCUT2D eigenvalue weighted by Gasteiger charge is 2.46. The van der Waals surface area contributed by atoms with Crippen molar-refractivity contribution in [3.63, 3.8) is 0 Å². The quantitative estimate of drug-likeness (QED) is 0.488. The number of phenolic OH excluding ortho intramolecular Hbond substituents is 1. The second-order valence-electron chi connectivity index (χ2n) is 5.96. The summed E-state index contributed by atoms with van der Waals surface area (Å²) in [6.45, 7) is 2.68. The first-order valence-corrected chi connectivity index (χ1v) is 8.17. The zero-order chi connectivity index (χ0) is 20.1. The number of rotatable bonds is 5. The maximum Gasteiger partial charge on any atom is 0.331 e. The van der Waals surface area contributed by atoms with E-state index >= 15 is 0 Å². The van der Waals surface area contributed by atoms with Crippen LogP contribution in [0.2, 0.25) is 0 Å². The predicted molar refractivity (Wildman–Crippen MR) is 91.7 cm³/mol. The van der Waals surface area contributed by atoms with E-state index in [-0.39, 0.29) is 11.5 Å². The van der Waals surface area contributed by atoms with E-state index in [1.54, 1.807) is 6.07 Å². The molecule has 1 aliphatic heterocycles. The molecule has 0 aromatic heterocycles. The number of benzene rings is 1. The molecule has 1 saturated heterocycles. The molecule has 1 fully saturated rings. The van der Waals surface area contributed by atoms with Gasteiger partial charge in [-0.3, -0.25) is 4.79 Å². The molecule has 0 bridgehead atoms. The molecule has 0 unspecified atom stereocenters. The van der Waals surface area contributed by atoms with Crippen LogP contribution in [0.25, 0.3) is 6.08 Å². The Hall–Kier alpha value is -2.62. The van der Waals surface area contributed by atoms with Crippen LogP contribution in [0.3, 0.4) is 0 Å². The van der Waals surface area contributed by atoms with Crippen molar-refractivity contribution in [3.8, 4) is 11.5 Å². The van der Waals surface area contributed by atoms with Gasteiger partial charge in [-0.15, -0.1) is 0 Å². The smallest absolute Gasteiger partial charge is 0.331 e. The number of phenols is 1. The van der Waals surface area contributed by atoms with Gasteiger partial charge in [-0.2, -0.15) is 0 Å². The summed E-state index contributed by atoms with van der Waals surface area (Å²) in [4.78, 5) is 23.2. The van der Waals surface area contributed by atoms with Crippen molar-refractivity contribution >= 4 is 18.0 Å². The maximum absolute atomic E-state index is 12.0. The molecule has 1 aliphatic rings. The Morgan fingerprint density at radius 3 is 2.52 bits per heavy atom. The van der Waals surface area contributed by atoms with E-state index in [9.17, 15) is 24.9 Å². The Kier molecular flexibility index (Phi) is 6.78. The van der Waals surface area contributed by atoms with E-state index in [4.69, 9.17) is 18.9 Å². The van der Waals surface area contributed by atoms with Crippen molar-refractivity contribution in [1.29, 1.82) is 0 Å². The number of carbonyl (C=O) groups is 2. The fraction of sp³-hybridized carbons (Fsp3) is 0.444. The van der Waals surface area contributed by atoms with Crippen LogP contribution in [-0.4, -0.2) is 65.1 Å². The first-order chi connectivity index (χ1) is 12.7. The zero-order valence-corrected chi connectivity index (χ0v) is 15.1. The molecule has 9 heteroatoms. The molecular formula is C18H22O9. The first kappa shape index (κ1) is 20.7. The zero-order valence-electron chi connectivity index (χ0n) is 15.1. The maximum atomic E-state index is 12.0. The third-order valence-corrected chi connectivity index (χ3v) is 3.94. The van der Waals surface area contributed by atoms with Crippen LogP contribution in [0.5, 0.6) is 11.5 Å². The molecule has 9 nitrogen and oxygen atoms in total. The van der Waals surface area contributed by atoms with Gasteiger partial charge in [0.1, 0.15) is 6.10 Å². The minimum Gasteiger partial charge on any atom is -0.504 e. The minimum atomic E-state index is -1.58. The third-order valence-electron chi connectivity index (χ3n) is 3.94. The van der Waals surface area contributed by atoms with Crippen LogP contribution >= 0.6 is 0 Å². The second kappa shape index (κ2) is 8.85. The van der Waals surface area contributed by atoms with E-state index in [1.807, 2.05) is 0 Å². The van der Waals surface area contributed by atoms with Gasteiger partial charge >= 0.3 is 11.9 Å². The molecule has 3 N–H and O–H groups in total. The number of hydrogen-bond acceptors (Lipinski definition) is 9. The number of carbonyl (C=O) groups excluding carboxylic acids is 2. The molecule has 1 heterocycles. The second-order valence-corrected chi connectivity index (χ2v) is 5.96. The molecule has 1 aromatic rings. The molecule has 2 rings (SSSR count). The van der Waals surface area contributed by atoms with Crippen molar-refractivity contribution in [2.45, 2.75) is 44.6 Å². The Bertz CT molecular complexity index is 715. The van der Waals surface area contributed by atoms with Gasteiger partial charge in [0.25, 0.3) is 0 Å². The number of aliphatic hydroxyl groups is 2. The number of aromatic hydroxyl groups is 1. The standard InChI is InChI=1S/C18H22O9/c1-9-16(26-10(2)19)15(22)17(18(23)25-9)27-14(21)7-5-11-4-6-12(20)13(8-11)24-3/h4-9,15-18,20,22-23H,1-3H3/b7-5+/t9-,15+,16-,17+,18+/m0/s1. The summed E-state index contributed by atoms with van der Waals surface area (Å²) in [5.41, 5.74) is 0.550. The van der Waals surface area contributed by atoms with Crippen LogP contribution in [0, 0.1) is 0 Å². The van der Waals surface area contributed by atoms with Gasteiger partial charge < -0.3 is 34.3 Å². The van der Waals surface area contributed by atoms with E-state index in [1.165, 1.54) is 39.2 Å². The van der Waals surface area contributed by atoms with Crippen molar-refractivity contribution in [2.75, 3.05) is 7.11 Å². The number of aliphatic hydroxyl groups excluding tert-OH is 2. The van der Waals surface area contributed by atoms with Gasteiger partial charge in [0.2, 0.25) is 0 Å². The summed E-state index contributed by atoms with van der Waals surface area (Å²) < 4.78 is 20.2. The predicted octanol–water partition coefficient (Wildman–Crippen LogP) is 0.355. The summed E-state index contributed by atoms with van der Waals surface area (Å²) in [7, 11) is 1.39. The van der Waals surface area contributed by atoms with Gasteiger partial charge in [0.05, 0.1) is 13.2 Å². The van der Waals surface area contributed by atoms with E-state index in [0.717, 1.165) is 6.08 Å². The molecule has 5 atom stereocenters. The van der Waals surface area contributed by atoms with E-state index < -0.39 is 42.6 Å². The summed E-state index contributed by atoms with van der Waals surface area (Å²) in [6, 6.07) is 4.45. The molecule has 0 amide bonds. The van der Waals surface area contributed by atoms with E-state index in [2.05, 4.69) is 0 Å². The third kappa shape index (κ3) is 5.19. The van der Waals surface area contributed by atoms with Gasteiger partial charge in [-0.1, -0.05) is 6.07 Å². The summed E-state index contributed by atoms with van der Waals surface area (Å²) in [5, 5.41) is 29.8. The highest BCUT2D eigenvalue weighted by molar-refractivity contribution is 5.87. The van der Waals surface area contributed by atoms with Crippen molar-refractivity contribution < 1.29 is 43.9 Å². The number of ether oxygens (including phenoxy) is 4. The summed E-state index contributed by atoms with van der Waals surface area (Å²) in [6.07, 6.45) is -3.87. The minimum absolute atomic E-state index is 0.0477. The van der Waals surface area contributed by atoms with Gasteiger partial charge in [0, 0.05) is 13.0 Å². The van der Waals surface area contributed by atoms with Crippen LogP contribution < -0.4 is 4.74 Å². The average molecular weight is 382 g/mol. The molecule has 0 aliphatic carbocycles.